The highest BCUT2D eigenvalue weighted by molar-refractivity contribution is 7.13. The second kappa shape index (κ2) is 8.37. The Balaban J connectivity index is 1.67. The van der Waals surface area contributed by atoms with Crippen molar-refractivity contribution in [2.45, 2.75) is 25.4 Å². The molecule has 0 amide bonds. The van der Waals surface area contributed by atoms with Crippen LogP contribution in [0.5, 0.6) is 11.5 Å². The number of anilines is 1. The number of ether oxygens (including phenoxy) is 2. The molecule has 0 radical (unpaired) electrons. The van der Waals surface area contributed by atoms with E-state index in [1.807, 2.05) is 18.2 Å². The predicted molar refractivity (Wildman–Crippen MR) is 105 cm³/mol. The summed E-state index contributed by atoms with van der Waals surface area (Å²) < 4.78 is 10.8. The fourth-order valence-corrected chi connectivity index (χ4v) is 3.94. The maximum absolute atomic E-state index is 6.04. The lowest BCUT2D eigenvalue weighted by molar-refractivity contribution is 0.313. The number of guanidine groups is 1. The average Bonchev–Trinajstić information content (AvgIpc) is 3.28. The summed E-state index contributed by atoms with van der Waals surface area (Å²) in [5, 5.41) is 5.93. The first-order chi connectivity index (χ1) is 12.6. The molecule has 0 saturated carbocycles. The van der Waals surface area contributed by atoms with Gasteiger partial charge in [0.25, 0.3) is 0 Å². The number of likely N-dealkylation sites (tertiary alicyclic amines) is 1. The topological polar surface area (TPSA) is 85.0 Å². The Labute approximate surface area is 157 Å². The molecule has 0 spiro atoms. The van der Waals surface area contributed by atoms with Gasteiger partial charge in [-0.1, -0.05) is 6.07 Å². The van der Waals surface area contributed by atoms with E-state index in [1.165, 1.54) is 6.42 Å². The third-order valence-electron chi connectivity index (χ3n) is 4.56. The van der Waals surface area contributed by atoms with E-state index in [9.17, 15) is 0 Å². The molecule has 1 fully saturated rings. The highest BCUT2D eigenvalue weighted by atomic mass is 32.1. The molecule has 8 heteroatoms. The largest absolute Gasteiger partial charge is 0.496 e. The quantitative estimate of drug-likeness (QED) is 0.597. The maximum atomic E-state index is 6.04. The van der Waals surface area contributed by atoms with Crippen molar-refractivity contribution < 1.29 is 9.47 Å². The van der Waals surface area contributed by atoms with Gasteiger partial charge in [0.2, 0.25) is 0 Å². The van der Waals surface area contributed by atoms with Gasteiger partial charge in [-0.3, -0.25) is 4.90 Å². The van der Waals surface area contributed by atoms with Gasteiger partial charge in [0.05, 0.1) is 38.1 Å². The summed E-state index contributed by atoms with van der Waals surface area (Å²) in [6.07, 6.45) is 2.36. The second-order valence-corrected chi connectivity index (χ2v) is 7.04. The van der Waals surface area contributed by atoms with Crippen molar-refractivity contribution >= 4 is 22.4 Å². The number of aromatic nitrogens is 1. The van der Waals surface area contributed by atoms with Crippen molar-refractivity contribution in [2.24, 2.45) is 10.7 Å². The van der Waals surface area contributed by atoms with E-state index in [4.69, 9.17) is 15.2 Å². The zero-order chi connectivity index (χ0) is 18.5. The molecule has 1 saturated heterocycles. The summed E-state index contributed by atoms with van der Waals surface area (Å²) in [7, 11) is 5.39. The Bertz CT molecular complexity index is 754. The fraction of sp³-hybridized carbons (Fsp3) is 0.444. The lowest BCUT2D eigenvalue weighted by Crippen LogP contribution is -2.23. The fourth-order valence-electron chi connectivity index (χ4n) is 3.18. The predicted octanol–water partition coefficient (Wildman–Crippen LogP) is 2.85. The highest BCUT2D eigenvalue weighted by Crippen LogP contribution is 2.32. The number of nitrogens with two attached hydrogens (primary N) is 1. The molecular formula is C18H25N5O2S. The van der Waals surface area contributed by atoms with Gasteiger partial charge in [-0.05, 0) is 38.6 Å². The molecule has 0 bridgehead atoms. The van der Waals surface area contributed by atoms with Crippen LogP contribution in [0.2, 0.25) is 0 Å². The van der Waals surface area contributed by atoms with Crippen LogP contribution in [-0.2, 0) is 6.54 Å². The van der Waals surface area contributed by atoms with Crippen molar-refractivity contribution in [3.05, 3.63) is 34.8 Å². The SMILES string of the molecule is COc1cccc(OC)c1CN=C(N)Nc1nc(C2CCCN2C)cs1. The highest BCUT2D eigenvalue weighted by Gasteiger charge is 2.24. The Kier molecular flexibility index (Phi) is 5.95. The van der Waals surface area contributed by atoms with Crippen LogP contribution < -0.4 is 20.5 Å². The average molecular weight is 375 g/mol. The number of rotatable bonds is 6. The smallest absolute Gasteiger partial charge is 0.195 e. The summed E-state index contributed by atoms with van der Waals surface area (Å²) >= 11 is 1.54. The summed E-state index contributed by atoms with van der Waals surface area (Å²) in [6, 6.07) is 6.03. The van der Waals surface area contributed by atoms with Crippen LogP contribution in [0.4, 0.5) is 5.13 Å². The molecule has 7 nitrogen and oxygen atoms in total. The molecule has 1 aliphatic heterocycles. The van der Waals surface area contributed by atoms with Crippen LogP contribution >= 0.6 is 11.3 Å². The Hall–Kier alpha value is -2.32. The molecular weight excluding hydrogens is 350 g/mol. The number of methoxy groups -OCH3 is 2. The molecule has 1 atom stereocenters. The van der Waals surface area contributed by atoms with Crippen molar-refractivity contribution in [2.75, 3.05) is 33.1 Å². The minimum absolute atomic E-state index is 0.318. The number of nitrogens with zero attached hydrogens (tertiary/aromatic N) is 3. The number of thiazole rings is 1. The number of hydrogen-bond donors (Lipinski definition) is 2. The van der Waals surface area contributed by atoms with Gasteiger partial charge in [0.1, 0.15) is 11.5 Å². The minimum atomic E-state index is 0.318. The molecule has 140 valence electrons. The molecule has 2 heterocycles. The molecule has 26 heavy (non-hydrogen) atoms. The molecule has 3 rings (SSSR count). The van der Waals surface area contributed by atoms with Gasteiger partial charge in [-0.15, -0.1) is 11.3 Å². The van der Waals surface area contributed by atoms with E-state index in [2.05, 4.69) is 32.6 Å². The standard InChI is InChI=1S/C18H25N5O2S/c1-23-9-5-6-14(23)13-11-26-18(21-13)22-17(19)20-10-12-15(24-2)7-4-8-16(12)25-3/h4,7-8,11,14H,5-6,9-10H2,1-3H3,(H3,19,20,21,22). The van der Waals surface area contributed by atoms with E-state index in [1.54, 1.807) is 25.6 Å². The van der Waals surface area contributed by atoms with Crippen LogP contribution in [0.3, 0.4) is 0 Å². The van der Waals surface area contributed by atoms with Gasteiger partial charge in [0, 0.05) is 5.38 Å². The number of aliphatic imine (C=N–C) groups is 1. The van der Waals surface area contributed by atoms with Crippen molar-refractivity contribution in [1.82, 2.24) is 9.88 Å². The number of nitrogens with one attached hydrogen (secondary N) is 1. The van der Waals surface area contributed by atoms with Gasteiger partial charge >= 0.3 is 0 Å². The zero-order valence-electron chi connectivity index (χ0n) is 15.4. The van der Waals surface area contributed by atoms with Gasteiger partial charge in [0.15, 0.2) is 11.1 Å². The molecule has 1 aromatic heterocycles. The minimum Gasteiger partial charge on any atom is -0.496 e. The van der Waals surface area contributed by atoms with E-state index in [0.717, 1.165) is 40.9 Å². The van der Waals surface area contributed by atoms with Gasteiger partial charge < -0.3 is 20.5 Å². The first-order valence-electron chi connectivity index (χ1n) is 8.55. The second-order valence-electron chi connectivity index (χ2n) is 6.18. The van der Waals surface area contributed by atoms with Crippen LogP contribution in [0, 0.1) is 0 Å². The molecule has 1 aromatic carbocycles. The third kappa shape index (κ3) is 4.08. The van der Waals surface area contributed by atoms with Crippen LogP contribution in [-0.4, -0.2) is 43.7 Å². The van der Waals surface area contributed by atoms with Gasteiger partial charge in [-0.25, -0.2) is 9.98 Å². The lowest BCUT2D eigenvalue weighted by Gasteiger charge is -2.16. The summed E-state index contributed by atoms with van der Waals surface area (Å²) in [4.78, 5) is 11.4. The van der Waals surface area contributed by atoms with E-state index < -0.39 is 0 Å². The first-order valence-corrected chi connectivity index (χ1v) is 9.42. The normalized spacial score (nSPS) is 18.1. The number of benzene rings is 1. The lowest BCUT2D eigenvalue weighted by atomic mass is 10.2. The Morgan fingerprint density at radius 3 is 2.73 bits per heavy atom. The number of hydrogen-bond acceptors (Lipinski definition) is 6. The van der Waals surface area contributed by atoms with E-state index >= 15 is 0 Å². The molecule has 1 aliphatic rings. The maximum Gasteiger partial charge on any atom is 0.195 e. The first kappa shape index (κ1) is 18.5. The summed E-state index contributed by atoms with van der Waals surface area (Å²) in [6.45, 7) is 1.48. The van der Waals surface area contributed by atoms with E-state index in [0.29, 0.717) is 18.5 Å². The monoisotopic (exact) mass is 375 g/mol. The van der Waals surface area contributed by atoms with Gasteiger partial charge in [-0.2, -0.15) is 0 Å². The molecule has 0 aliphatic carbocycles. The van der Waals surface area contributed by atoms with Crippen molar-refractivity contribution in [3.63, 3.8) is 0 Å². The molecule has 3 N–H and O–H groups in total. The summed E-state index contributed by atoms with van der Waals surface area (Å²) in [5.74, 6) is 1.77. The summed E-state index contributed by atoms with van der Waals surface area (Å²) in [5.41, 5.74) is 7.99. The van der Waals surface area contributed by atoms with Crippen LogP contribution in [0.15, 0.2) is 28.6 Å². The molecule has 1 unspecified atom stereocenters. The van der Waals surface area contributed by atoms with E-state index in [-0.39, 0.29) is 0 Å². The zero-order valence-corrected chi connectivity index (χ0v) is 16.2. The van der Waals surface area contributed by atoms with Crippen molar-refractivity contribution in [1.29, 1.82) is 0 Å². The third-order valence-corrected chi connectivity index (χ3v) is 5.33. The van der Waals surface area contributed by atoms with Crippen molar-refractivity contribution in [3.8, 4) is 11.5 Å². The Morgan fingerprint density at radius 2 is 2.12 bits per heavy atom. The van der Waals surface area contributed by atoms with Crippen LogP contribution in [0.1, 0.15) is 30.1 Å². The molecule has 2 aromatic rings. The Morgan fingerprint density at radius 1 is 1.38 bits per heavy atom. The van der Waals surface area contributed by atoms with Crippen LogP contribution in [0.25, 0.3) is 0 Å².